The van der Waals surface area contributed by atoms with Crippen LogP contribution in [0.25, 0.3) is 0 Å². The third-order valence-electron chi connectivity index (χ3n) is 1.87. The Morgan fingerprint density at radius 2 is 1.23 bits per heavy atom. The minimum Gasteiger partial charge on any atom is -0.413 e. The van der Waals surface area contributed by atoms with Crippen molar-refractivity contribution in [3.8, 4) is 0 Å². The molecule has 3 heteroatoms. The average Bonchev–Trinajstić information content (AvgIpc) is 2.16. The summed E-state index contributed by atoms with van der Waals surface area (Å²) in [5, 5.41) is 0. The highest BCUT2D eigenvalue weighted by Crippen LogP contribution is 1.95. The molecule has 0 aliphatic heterocycles. The van der Waals surface area contributed by atoms with Crippen LogP contribution < -0.4 is 0 Å². The van der Waals surface area contributed by atoms with Gasteiger partial charge in [-0.15, -0.1) is 0 Å². The second kappa shape index (κ2) is 12.0. The first kappa shape index (κ1) is 13.0. The molecule has 0 atom stereocenters. The van der Waals surface area contributed by atoms with Gasteiger partial charge in [0.2, 0.25) is 0 Å². The summed E-state index contributed by atoms with van der Waals surface area (Å²) in [4.78, 5) is 0. The quantitative estimate of drug-likeness (QED) is 0.384. The molecule has 0 N–H and O–H groups in total. The Morgan fingerprint density at radius 3 is 1.62 bits per heavy atom. The van der Waals surface area contributed by atoms with Gasteiger partial charge in [0.05, 0.1) is 0 Å². The summed E-state index contributed by atoms with van der Waals surface area (Å²) in [5.41, 5.74) is 0. The standard InChI is InChI=1S/C10H22BO2/c1-3-5-7-9-12-11-13-10-8-6-4-2/h3-10H2,1-2H3. The molecule has 0 rings (SSSR count). The van der Waals surface area contributed by atoms with Gasteiger partial charge in [0.1, 0.15) is 0 Å². The van der Waals surface area contributed by atoms with Gasteiger partial charge in [0, 0.05) is 13.2 Å². The summed E-state index contributed by atoms with van der Waals surface area (Å²) in [6.07, 6.45) is 7.21. The molecule has 0 amide bonds. The average molecular weight is 185 g/mol. The maximum atomic E-state index is 5.17. The van der Waals surface area contributed by atoms with Crippen LogP contribution in [-0.2, 0) is 9.31 Å². The van der Waals surface area contributed by atoms with Crippen molar-refractivity contribution in [2.45, 2.75) is 52.4 Å². The molecule has 0 aromatic carbocycles. The molecule has 2 nitrogen and oxygen atoms in total. The highest BCUT2D eigenvalue weighted by molar-refractivity contribution is 6.17. The maximum absolute atomic E-state index is 5.17. The minimum atomic E-state index is 0.793. The lowest BCUT2D eigenvalue weighted by atomic mass is 10.2. The Morgan fingerprint density at radius 1 is 0.769 bits per heavy atom. The Labute approximate surface area is 83.3 Å². The van der Waals surface area contributed by atoms with Crippen molar-refractivity contribution in [3.05, 3.63) is 0 Å². The molecule has 13 heavy (non-hydrogen) atoms. The molecule has 0 aliphatic carbocycles. The summed E-state index contributed by atoms with van der Waals surface area (Å²) < 4.78 is 10.3. The van der Waals surface area contributed by atoms with E-state index in [0.29, 0.717) is 0 Å². The van der Waals surface area contributed by atoms with Crippen molar-refractivity contribution >= 4 is 7.69 Å². The van der Waals surface area contributed by atoms with E-state index in [1.807, 2.05) is 0 Å². The molecule has 77 valence electrons. The molecule has 0 unspecified atom stereocenters. The highest BCUT2D eigenvalue weighted by Gasteiger charge is 1.93. The van der Waals surface area contributed by atoms with Gasteiger partial charge in [-0.2, -0.15) is 0 Å². The lowest BCUT2D eigenvalue weighted by molar-refractivity contribution is 0.214. The van der Waals surface area contributed by atoms with Crippen LogP contribution in [0.3, 0.4) is 0 Å². The third-order valence-corrected chi connectivity index (χ3v) is 1.87. The van der Waals surface area contributed by atoms with E-state index in [2.05, 4.69) is 13.8 Å². The van der Waals surface area contributed by atoms with E-state index in [9.17, 15) is 0 Å². The van der Waals surface area contributed by atoms with Gasteiger partial charge < -0.3 is 9.31 Å². The molecule has 0 fully saturated rings. The van der Waals surface area contributed by atoms with E-state index in [0.717, 1.165) is 26.1 Å². The van der Waals surface area contributed by atoms with Crippen LogP contribution in [0.1, 0.15) is 52.4 Å². The number of hydrogen-bond acceptors (Lipinski definition) is 2. The molecular formula is C10H22BO2. The van der Waals surface area contributed by atoms with Crippen molar-refractivity contribution in [1.82, 2.24) is 0 Å². The SMILES string of the molecule is CCCCCO[B]OCCCCC. The van der Waals surface area contributed by atoms with Crippen LogP contribution in [0.15, 0.2) is 0 Å². The molecule has 0 aromatic rings. The normalized spacial score (nSPS) is 10.3. The third kappa shape index (κ3) is 12.0. The molecule has 0 aromatic heterocycles. The van der Waals surface area contributed by atoms with Crippen LogP contribution in [0.5, 0.6) is 0 Å². The molecule has 0 bridgehead atoms. The van der Waals surface area contributed by atoms with Gasteiger partial charge in [-0.25, -0.2) is 0 Å². The Hall–Kier alpha value is -0.0151. The second-order valence-electron chi connectivity index (χ2n) is 3.25. The van der Waals surface area contributed by atoms with E-state index in [4.69, 9.17) is 9.31 Å². The van der Waals surface area contributed by atoms with Crippen LogP contribution in [0.2, 0.25) is 0 Å². The second-order valence-corrected chi connectivity index (χ2v) is 3.25. The van der Waals surface area contributed by atoms with Gasteiger partial charge in [0.25, 0.3) is 0 Å². The summed E-state index contributed by atoms with van der Waals surface area (Å²) in [6, 6.07) is 0. The van der Waals surface area contributed by atoms with Crippen LogP contribution in [0, 0.1) is 0 Å². The highest BCUT2D eigenvalue weighted by atomic mass is 16.6. The Balaban J connectivity index is 2.76. The Bertz CT molecular complexity index is 79.0. The van der Waals surface area contributed by atoms with E-state index in [-0.39, 0.29) is 0 Å². The van der Waals surface area contributed by atoms with E-state index in [1.54, 1.807) is 0 Å². The van der Waals surface area contributed by atoms with Gasteiger partial charge in [-0.3, -0.25) is 0 Å². The molecule has 0 aliphatic rings. The minimum absolute atomic E-state index is 0.793. The fourth-order valence-corrected chi connectivity index (χ4v) is 1.02. The molecule has 0 heterocycles. The predicted octanol–water partition coefficient (Wildman–Crippen LogP) is 2.93. The molecule has 0 spiro atoms. The summed E-state index contributed by atoms with van der Waals surface area (Å²) in [7, 11) is 1.49. The van der Waals surface area contributed by atoms with E-state index < -0.39 is 0 Å². The zero-order valence-electron chi connectivity index (χ0n) is 9.05. The van der Waals surface area contributed by atoms with Crippen molar-refractivity contribution in [3.63, 3.8) is 0 Å². The zero-order valence-corrected chi connectivity index (χ0v) is 9.05. The van der Waals surface area contributed by atoms with Crippen molar-refractivity contribution < 1.29 is 9.31 Å². The maximum Gasteiger partial charge on any atom is 0.487 e. The van der Waals surface area contributed by atoms with E-state index >= 15 is 0 Å². The van der Waals surface area contributed by atoms with Gasteiger partial charge in [-0.1, -0.05) is 39.5 Å². The fraction of sp³-hybridized carbons (Fsp3) is 1.00. The summed E-state index contributed by atoms with van der Waals surface area (Å²) in [6.45, 7) is 5.96. The Kier molecular flexibility index (Phi) is 12.0. The lowest BCUT2D eigenvalue weighted by Gasteiger charge is -2.02. The van der Waals surface area contributed by atoms with Gasteiger partial charge in [0.15, 0.2) is 0 Å². The van der Waals surface area contributed by atoms with Crippen molar-refractivity contribution in [2.24, 2.45) is 0 Å². The van der Waals surface area contributed by atoms with Gasteiger partial charge >= 0.3 is 7.69 Å². The fourth-order valence-electron chi connectivity index (χ4n) is 1.02. The largest absolute Gasteiger partial charge is 0.487 e. The number of rotatable bonds is 10. The summed E-state index contributed by atoms with van der Waals surface area (Å²) in [5.74, 6) is 0. The molecular weight excluding hydrogens is 163 g/mol. The van der Waals surface area contributed by atoms with Gasteiger partial charge in [-0.05, 0) is 12.8 Å². The number of hydrogen-bond donors (Lipinski definition) is 0. The van der Waals surface area contributed by atoms with Crippen LogP contribution in [0.4, 0.5) is 0 Å². The van der Waals surface area contributed by atoms with Crippen LogP contribution in [-0.4, -0.2) is 20.9 Å². The first-order chi connectivity index (χ1) is 6.41. The monoisotopic (exact) mass is 185 g/mol. The molecule has 0 saturated carbocycles. The van der Waals surface area contributed by atoms with Crippen molar-refractivity contribution in [1.29, 1.82) is 0 Å². The molecule has 0 saturated heterocycles. The zero-order chi connectivity index (χ0) is 9.78. The topological polar surface area (TPSA) is 18.5 Å². The first-order valence-electron chi connectivity index (χ1n) is 5.46. The first-order valence-corrected chi connectivity index (χ1v) is 5.46. The number of unbranched alkanes of at least 4 members (excludes halogenated alkanes) is 4. The van der Waals surface area contributed by atoms with Crippen LogP contribution >= 0.6 is 0 Å². The predicted molar refractivity (Wildman–Crippen MR) is 56.7 cm³/mol. The lowest BCUT2D eigenvalue weighted by Crippen LogP contribution is -2.06. The summed E-state index contributed by atoms with van der Waals surface area (Å²) >= 11 is 0. The smallest absolute Gasteiger partial charge is 0.413 e. The molecule has 1 radical (unpaired) electrons. The van der Waals surface area contributed by atoms with Crippen molar-refractivity contribution in [2.75, 3.05) is 13.2 Å². The van der Waals surface area contributed by atoms with E-state index in [1.165, 1.54) is 33.4 Å².